The summed E-state index contributed by atoms with van der Waals surface area (Å²) in [6, 6.07) is 28.3. The van der Waals surface area contributed by atoms with Crippen molar-refractivity contribution in [2.75, 3.05) is 5.01 Å². The molecule has 0 spiro atoms. The summed E-state index contributed by atoms with van der Waals surface area (Å²) in [7, 11) is 0. The third-order valence-electron chi connectivity index (χ3n) is 3.22. The van der Waals surface area contributed by atoms with Gasteiger partial charge in [-0.05, 0) is 30.3 Å². The van der Waals surface area contributed by atoms with Gasteiger partial charge in [-0.25, -0.2) is 5.01 Å². The molecule has 0 aliphatic carbocycles. The lowest BCUT2D eigenvalue weighted by Crippen LogP contribution is -2.09. The van der Waals surface area contributed by atoms with Gasteiger partial charge < -0.3 is 0 Å². The molecule has 0 fully saturated rings. The van der Waals surface area contributed by atoms with Crippen molar-refractivity contribution in [2.24, 2.45) is 5.10 Å². The summed E-state index contributed by atoms with van der Waals surface area (Å²) in [5.41, 5.74) is 3.09. The van der Waals surface area contributed by atoms with Gasteiger partial charge in [-0.3, -0.25) is 0 Å². The quantitative estimate of drug-likeness (QED) is 0.440. The molecule has 0 unspecified atom stereocenters. The molecule has 0 saturated carbocycles. The first kappa shape index (κ1) is 14.5. The van der Waals surface area contributed by atoms with E-state index in [9.17, 15) is 0 Å². The first-order valence-corrected chi connectivity index (χ1v) is 7.82. The Hall–Kier alpha value is -2.39. The highest BCUT2D eigenvalue weighted by atomic mass is 79.9. The zero-order valence-electron chi connectivity index (χ0n) is 11.9. The maximum atomic E-state index is 4.67. The minimum atomic E-state index is 1.03. The molecule has 0 N–H and O–H groups in total. The van der Waals surface area contributed by atoms with Crippen LogP contribution in [0.5, 0.6) is 0 Å². The number of rotatable bonds is 4. The summed E-state index contributed by atoms with van der Waals surface area (Å²) >= 11 is 3.55. The van der Waals surface area contributed by atoms with Crippen molar-refractivity contribution in [1.82, 2.24) is 0 Å². The van der Waals surface area contributed by atoms with Crippen LogP contribution < -0.4 is 5.01 Å². The monoisotopic (exact) mass is 350 g/mol. The van der Waals surface area contributed by atoms with Gasteiger partial charge in [0.25, 0.3) is 0 Å². The lowest BCUT2D eigenvalue weighted by molar-refractivity contribution is 1.09. The SMILES string of the molecule is Brc1ccccc1/C=N/N(c1ccccc1)c1ccccc1. The van der Waals surface area contributed by atoms with Crippen LogP contribution in [0.3, 0.4) is 0 Å². The summed E-state index contributed by atoms with van der Waals surface area (Å²) in [5, 5.41) is 6.60. The van der Waals surface area contributed by atoms with E-state index < -0.39 is 0 Å². The van der Waals surface area contributed by atoms with Crippen LogP contribution in [0.4, 0.5) is 11.4 Å². The van der Waals surface area contributed by atoms with Gasteiger partial charge in [0.15, 0.2) is 0 Å². The van der Waals surface area contributed by atoms with Crippen LogP contribution in [-0.4, -0.2) is 6.21 Å². The Morgan fingerprint density at radius 1 is 0.682 bits per heavy atom. The predicted octanol–water partition coefficient (Wildman–Crippen LogP) is 5.62. The van der Waals surface area contributed by atoms with Gasteiger partial charge in [-0.15, -0.1) is 0 Å². The van der Waals surface area contributed by atoms with Crippen molar-refractivity contribution < 1.29 is 0 Å². The molecular formula is C19H15BrN2. The third-order valence-corrected chi connectivity index (χ3v) is 3.94. The van der Waals surface area contributed by atoms with Crippen LogP contribution in [0.1, 0.15) is 5.56 Å². The number of hydrazone groups is 1. The van der Waals surface area contributed by atoms with Gasteiger partial charge in [0.05, 0.1) is 17.6 Å². The molecule has 3 heteroatoms. The van der Waals surface area contributed by atoms with E-state index in [1.165, 1.54) is 0 Å². The summed E-state index contributed by atoms with van der Waals surface area (Å²) in [4.78, 5) is 0. The fourth-order valence-corrected chi connectivity index (χ4v) is 2.51. The van der Waals surface area contributed by atoms with Crippen LogP contribution in [0.15, 0.2) is 94.5 Å². The average molecular weight is 351 g/mol. The maximum Gasteiger partial charge on any atom is 0.0652 e. The van der Waals surface area contributed by atoms with Gasteiger partial charge in [-0.1, -0.05) is 70.5 Å². The van der Waals surface area contributed by atoms with Crippen molar-refractivity contribution in [3.8, 4) is 0 Å². The van der Waals surface area contributed by atoms with Crippen LogP contribution >= 0.6 is 15.9 Å². The number of halogens is 1. The summed E-state index contributed by atoms with van der Waals surface area (Å²) < 4.78 is 1.03. The zero-order chi connectivity index (χ0) is 15.2. The maximum absolute atomic E-state index is 4.67. The molecule has 0 radical (unpaired) electrons. The van der Waals surface area contributed by atoms with Gasteiger partial charge in [0.1, 0.15) is 0 Å². The second-order valence-electron chi connectivity index (χ2n) is 4.75. The van der Waals surface area contributed by atoms with Crippen LogP contribution in [-0.2, 0) is 0 Å². The van der Waals surface area contributed by atoms with E-state index in [2.05, 4.69) is 21.0 Å². The summed E-state index contributed by atoms with van der Waals surface area (Å²) in [5.74, 6) is 0. The minimum absolute atomic E-state index is 1.03. The van der Waals surface area contributed by atoms with E-state index in [4.69, 9.17) is 0 Å². The number of nitrogens with zero attached hydrogens (tertiary/aromatic N) is 2. The lowest BCUT2D eigenvalue weighted by atomic mass is 10.2. The van der Waals surface area contributed by atoms with E-state index in [1.807, 2.05) is 96.2 Å². The van der Waals surface area contributed by atoms with E-state index in [0.717, 1.165) is 21.4 Å². The molecule has 0 aliphatic rings. The fraction of sp³-hybridized carbons (Fsp3) is 0. The van der Waals surface area contributed by atoms with Crippen molar-refractivity contribution in [3.05, 3.63) is 95.0 Å². The van der Waals surface area contributed by atoms with Crippen LogP contribution in [0, 0.1) is 0 Å². The number of hydrogen-bond acceptors (Lipinski definition) is 2. The standard InChI is InChI=1S/C19H15BrN2/c20-19-14-8-7-9-16(19)15-21-22(17-10-3-1-4-11-17)18-12-5-2-6-13-18/h1-15H/b21-15+. The van der Waals surface area contributed by atoms with E-state index in [0.29, 0.717) is 0 Å². The Kier molecular flexibility index (Phi) is 4.66. The molecule has 0 heterocycles. The van der Waals surface area contributed by atoms with Gasteiger partial charge in [0.2, 0.25) is 0 Å². The number of hydrogen-bond donors (Lipinski definition) is 0. The number of para-hydroxylation sites is 2. The third kappa shape index (κ3) is 3.43. The molecule has 0 saturated heterocycles. The smallest absolute Gasteiger partial charge is 0.0652 e. The van der Waals surface area contributed by atoms with E-state index in [-0.39, 0.29) is 0 Å². The van der Waals surface area contributed by atoms with Crippen molar-refractivity contribution in [1.29, 1.82) is 0 Å². The number of benzene rings is 3. The van der Waals surface area contributed by atoms with Crippen LogP contribution in [0.2, 0.25) is 0 Å². The van der Waals surface area contributed by atoms with E-state index >= 15 is 0 Å². The van der Waals surface area contributed by atoms with E-state index in [1.54, 1.807) is 0 Å². The largest absolute Gasteiger partial charge is 0.234 e. The molecule has 0 aromatic heterocycles. The first-order chi connectivity index (χ1) is 10.8. The first-order valence-electron chi connectivity index (χ1n) is 7.03. The van der Waals surface area contributed by atoms with Gasteiger partial charge >= 0.3 is 0 Å². The predicted molar refractivity (Wildman–Crippen MR) is 96.8 cm³/mol. The summed E-state index contributed by atoms with van der Waals surface area (Å²) in [6.45, 7) is 0. The summed E-state index contributed by atoms with van der Waals surface area (Å²) in [6.07, 6.45) is 1.87. The Bertz CT molecular complexity index is 715. The topological polar surface area (TPSA) is 15.6 Å². The normalized spacial score (nSPS) is 10.8. The van der Waals surface area contributed by atoms with Crippen molar-refractivity contribution >= 4 is 33.5 Å². The second-order valence-corrected chi connectivity index (χ2v) is 5.60. The highest BCUT2D eigenvalue weighted by Gasteiger charge is 2.06. The molecule has 0 atom stereocenters. The Balaban J connectivity index is 1.98. The molecule has 108 valence electrons. The van der Waals surface area contributed by atoms with Gasteiger partial charge in [0, 0.05) is 10.0 Å². The van der Waals surface area contributed by atoms with Crippen molar-refractivity contribution in [2.45, 2.75) is 0 Å². The molecule has 0 amide bonds. The molecule has 3 aromatic rings. The molecule has 0 bridgehead atoms. The fourth-order valence-electron chi connectivity index (χ4n) is 2.12. The van der Waals surface area contributed by atoms with Gasteiger partial charge in [-0.2, -0.15) is 5.10 Å². The molecule has 0 aliphatic heterocycles. The highest BCUT2D eigenvalue weighted by molar-refractivity contribution is 9.10. The molecular weight excluding hydrogens is 336 g/mol. The average Bonchev–Trinajstić information content (AvgIpc) is 2.59. The molecule has 22 heavy (non-hydrogen) atoms. The molecule has 3 rings (SSSR count). The van der Waals surface area contributed by atoms with Crippen molar-refractivity contribution in [3.63, 3.8) is 0 Å². The minimum Gasteiger partial charge on any atom is -0.234 e. The Labute approximate surface area is 138 Å². The molecule has 2 nitrogen and oxygen atoms in total. The Morgan fingerprint density at radius 2 is 1.18 bits per heavy atom. The highest BCUT2D eigenvalue weighted by Crippen LogP contribution is 2.25. The molecule has 3 aromatic carbocycles. The lowest BCUT2D eigenvalue weighted by Gasteiger charge is -2.19. The second kappa shape index (κ2) is 7.05. The zero-order valence-corrected chi connectivity index (χ0v) is 13.5. The van der Waals surface area contributed by atoms with Crippen LogP contribution in [0.25, 0.3) is 0 Å². The number of anilines is 2. The Morgan fingerprint density at radius 3 is 1.73 bits per heavy atom.